The van der Waals surface area contributed by atoms with Crippen LogP contribution < -0.4 is 0 Å². The summed E-state index contributed by atoms with van der Waals surface area (Å²) in [7, 11) is 0. The molecule has 2 atom stereocenters. The fraction of sp³-hybridized carbons (Fsp3) is 0.273. The highest BCUT2D eigenvalue weighted by molar-refractivity contribution is 5.87. The third-order valence-electron chi connectivity index (χ3n) is 3.97. The van der Waals surface area contributed by atoms with E-state index in [1.54, 1.807) is 19.9 Å². The number of carbonyl (C=O) groups excluding carboxylic acids is 2. The molecule has 0 saturated carbocycles. The van der Waals surface area contributed by atoms with E-state index in [1.165, 1.54) is 6.08 Å². The molecule has 0 aliphatic heterocycles. The average Bonchev–Trinajstić information content (AvgIpc) is 2.66. The lowest BCUT2D eigenvalue weighted by atomic mass is 9.94. The van der Waals surface area contributed by atoms with Gasteiger partial charge in [-0.1, -0.05) is 60.7 Å². The summed E-state index contributed by atoms with van der Waals surface area (Å²) in [4.78, 5) is 24.4. The lowest BCUT2D eigenvalue weighted by molar-refractivity contribution is -0.157. The first-order chi connectivity index (χ1) is 12.6. The molecule has 2 rings (SSSR count). The van der Waals surface area contributed by atoms with Gasteiger partial charge >= 0.3 is 11.9 Å². The molecule has 0 amide bonds. The maximum absolute atomic E-state index is 12.3. The minimum atomic E-state index is -0.595. The van der Waals surface area contributed by atoms with Gasteiger partial charge in [0.05, 0.1) is 12.5 Å². The first-order valence-electron chi connectivity index (χ1n) is 8.74. The second kappa shape index (κ2) is 10.2. The van der Waals surface area contributed by atoms with Crippen molar-refractivity contribution in [2.45, 2.75) is 26.4 Å². The van der Waals surface area contributed by atoms with Crippen LogP contribution in [-0.2, 0) is 25.5 Å². The van der Waals surface area contributed by atoms with Crippen LogP contribution in [0.3, 0.4) is 0 Å². The third kappa shape index (κ3) is 6.20. The van der Waals surface area contributed by atoms with E-state index in [-0.39, 0.29) is 5.97 Å². The lowest BCUT2D eigenvalue weighted by Crippen LogP contribution is -2.33. The van der Waals surface area contributed by atoms with Crippen LogP contribution in [0.15, 0.2) is 66.7 Å². The van der Waals surface area contributed by atoms with E-state index in [9.17, 15) is 9.59 Å². The van der Waals surface area contributed by atoms with Crippen LogP contribution in [0, 0.1) is 5.92 Å². The molecule has 2 aromatic rings. The lowest BCUT2D eigenvalue weighted by Gasteiger charge is -2.22. The Morgan fingerprint density at radius 3 is 2.23 bits per heavy atom. The smallest absolute Gasteiger partial charge is 0.331 e. The molecule has 0 saturated heterocycles. The molecule has 0 bridgehead atoms. The van der Waals surface area contributed by atoms with Crippen LogP contribution in [0.2, 0.25) is 0 Å². The minimum Gasteiger partial charge on any atom is -0.466 e. The molecule has 0 aromatic heterocycles. The number of ether oxygens (including phenoxy) is 2. The number of esters is 2. The Kier molecular flexibility index (Phi) is 7.62. The van der Waals surface area contributed by atoms with Crippen molar-refractivity contribution >= 4 is 18.0 Å². The van der Waals surface area contributed by atoms with Gasteiger partial charge in [0.2, 0.25) is 0 Å². The van der Waals surface area contributed by atoms with Gasteiger partial charge in [-0.05, 0) is 37.5 Å². The van der Waals surface area contributed by atoms with Gasteiger partial charge in [0.15, 0.2) is 0 Å². The summed E-state index contributed by atoms with van der Waals surface area (Å²) in [6.07, 6.45) is 2.92. The standard InChI is InChI=1S/C22H24O4/c1-3-25-22(24)20(16-19-12-8-5-9-13-19)17(2)26-21(23)15-14-18-10-6-4-7-11-18/h4-15,17,20H,3,16H2,1-2H3/b15-14+. The van der Waals surface area contributed by atoms with Crippen LogP contribution in [0.4, 0.5) is 0 Å². The zero-order chi connectivity index (χ0) is 18.8. The zero-order valence-electron chi connectivity index (χ0n) is 15.1. The molecule has 2 aromatic carbocycles. The van der Waals surface area contributed by atoms with Gasteiger partial charge in [-0.3, -0.25) is 4.79 Å². The summed E-state index contributed by atoms with van der Waals surface area (Å²) in [5, 5.41) is 0. The third-order valence-corrected chi connectivity index (χ3v) is 3.97. The normalized spacial score (nSPS) is 13.2. The van der Waals surface area contributed by atoms with Crippen molar-refractivity contribution in [2.24, 2.45) is 5.92 Å². The summed E-state index contributed by atoms with van der Waals surface area (Å²) in [5.74, 6) is -1.39. The van der Waals surface area contributed by atoms with E-state index in [2.05, 4.69) is 0 Å². The Balaban J connectivity index is 2.02. The number of hydrogen-bond acceptors (Lipinski definition) is 4. The van der Waals surface area contributed by atoms with Crippen molar-refractivity contribution in [3.8, 4) is 0 Å². The molecule has 0 aliphatic rings. The second-order valence-corrected chi connectivity index (χ2v) is 5.93. The zero-order valence-corrected chi connectivity index (χ0v) is 15.1. The molecule has 4 nitrogen and oxygen atoms in total. The predicted molar refractivity (Wildman–Crippen MR) is 101 cm³/mol. The molecule has 0 aliphatic carbocycles. The molecule has 0 radical (unpaired) electrons. The van der Waals surface area contributed by atoms with Crippen molar-refractivity contribution < 1.29 is 19.1 Å². The van der Waals surface area contributed by atoms with Crippen LogP contribution in [0.1, 0.15) is 25.0 Å². The van der Waals surface area contributed by atoms with Gasteiger partial charge in [0.25, 0.3) is 0 Å². The van der Waals surface area contributed by atoms with Gasteiger partial charge in [0, 0.05) is 6.08 Å². The summed E-state index contributed by atoms with van der Waals surface area (Å²) in [5.41, 5.74) is 1.90. The number of rotatable bonds is 8. The van der Waals surface area contributed by atoms with E-state index < -0.39 is 18.0 Å². The van der Waals surface area contributed by atoms with Crippen LogP contribution in [0.5, 0.6) is 0 Å². The maximum atomic E-state index is 12.3. The summed E-state index contributed by atoms with van der Waals surface area (Å²) >= 11 is 0. The van der Waals surface area contributed by atoms with Gasteiger partial charge in [-0.2, -0.15) is 0 Å². The van der Waals surface area contributed by atoms with E-state index >= 15 is 0 Å². The Morgan fingerprint density at radius 1 is 1.00 bits per heavy atom. The van der Waals surface area contributed by atoms with Gasteiger partial charge in [0.1, 0.15) is 6.10 Å². The van der Waals surface area contributed by atoms with Crippen molar-refractivity contribution in [3.63, 3.8) is 0 Å². The highest BCUT2D eigenvalue weighted by atomic mass is 16.6. The van der Waals surface area contributed by atoms with Gasteiger partial charge < -0.3 is 9.47 Å². The van der Waals surface area contributed by atoms with Crippen LogP contribution in [0.25, 0.3) is 6.08 Å². The fourth-order valence-corrected chi connectivity index (χ4v) is 2.59. The Labute approximate surface area is 154 Å². The fourth-order valence-electron chi connectivity index (χ4n) is 2.59. The summed E-state index contributed by atoms with van der Waals surface area (Å²) < 4.78 is 10.6. The minimum absolute atomic E-state index is 0.290. The number of benzene rings is 2. The van der Waals surface area contributed by atoms with Gasteiger partial charge in [-0.15, -0.1) is 0 Å². The highest BCUT2D eigenvalue weighted by Crippen LogP contribution is 2.18. The molecule has 136 valence electrons. The van der Waals surface area contributed by atoms with E-state index in [0.717, 1.165) is 11.1 Å². The first-order valence-corrected chi connectivity index (χ1v) is 8.74. The highest BCUT2D eigenvalue weighted by Gasteiger charge is 2.29. The largest absolute Gasteiger partial charge is 0.466 e. The summed E-state index contributed by atoms with van der Waals surface area (Å²) in [6.45, 7) is 3.77. The average molecular weight is 352 g/mol. The molecule has 4 heteroatoms. The maximum Gasteiger partial charge on any atom is 0.331 e. The van der Waals surface area contributed by atoms with E-state index in [1.807, 2.05) is 60.7 Å². The quantitative estimate of drug-likeness (QED) is 0.531. The molecule has 0 fully saturated rings. The van der Waals surface area contributed by atoms with Crippen LogP contribution >= 0.6 is 0 Å². The SMILES string of the molecule is CCOC(=O)C(Cc1ccccc1)C(C)OC(=O)/C=C/c1ccccc1. The molecule has 0 N–H and O–H groups in total. The van der Waals surface area contributed by atoms with Gasteiger partial charge in [-0.25, -0.2) is 4.79 Å². The summed E-state index contributed by atoms with van der Waals surface area (Å²) in [6, 6.07) is 19.1. The van der Waals surface area contributed by atoms with Crippen molar-refractivity contribution in [1.29, 1.82) is 0 Å². The van der Waals surface area contributed by atoms with E-state index in [0.29, 0.717) is 13.0 Å². The van der Waals surface area contributed by atoms with E-state index in [4.69, 9.17) is 9.47 Å². The second-order valence-electron chi connectivity index (χ2n) is 5.93. The molecular weight excluding hydrogens is 328 g/mol. The topological polar surface area (TPSA) is 52.6 Å². The monoisotopic (exact) mass is 352 g/mol. The number of carbonyl (C=O) groups is 2. The molecule has 2 unspecified atom stereocenters. The molecular formula is C22H24O4. The van der Waals surface area contributed by atoms with Crippen molar-refractivity contribution in [2.75, 3.05) is 6.61 Å². The first kappa shape index (κ1) is 19.4. The Morgan fingerprint density at radius 2 is 1.62 bits per heavy atom. The molecule has 0 heterocycles. The predicted octanol–water partition coefficient (Wildman–Crippen LogP) is 4.05. The van der Waals surface area contributed by atoms with Crippen molar-refractivity contribution in [3.05, 3.63) is 77.9 Å². The molecule has 26 heavy (non-hydrogen) atoms. The van der Waals surface area contributed by atoms with Crippen LogP contribution in [-0.4, -0.2) is 24.6 Å². The Hall–Kier alpha value is -2.88. The molecule has 0 spiro atoms. The number of hydrogen-bond donors (Lipinski definition) is 0. The van der Waals surface area contributed by atoms with Crippen molar-refractivity contribution in [1.82, 2.24) is 0 Å². The Bertz CT molecular complexity index is 722.